The average molecular weight is 202 g/mol. The van der Waals surface area contributed by atoms with Crippen LogP contribution in [0, 0.1) is 11.1 Å². The highest BCUT2D eigenvalue weighted by Gasteiger charge is 2.16. The van der Waals surface area contributed by atoms with E-state index in [4.69, 9.17) is 11.1 Å². The number of rotatable bonds is 0. The number of allylic oxidation sites excluding steroid dienone is 2. The van der Waals surface area contributed by atoms with E-state index in [0.717, 1.165) is 0 Å². The third-order valence-electron chi connectivity index (χ3n) is 1.84. The minimum absolute atomic E-state index is 0.0924. The standard InChI is InChI=1S/C10H6O2.H2N3/c11-9-5-6-10(12)8-4-2-1-3-7(8)9;1-3-2/h1-6H;1-2H/q;+1. The largest absolute Gasteiger partial charge is 0.289 e. The molecular formula is C10H8N3O2+. The maximum atomic E-state index is 11.2. The van der Waals surface area contributed by atoms with Gasteiger partial charge in [-0.3, -0.25) is 9.59 Å². The van der Waals surface area contributed by atoms with Gasteiger partial charge in [-0.2, -0.15) is 0 Å². The summed E-state index contributed by atoms with van der Waals surface area (Å²) in [6, 6.07) is 6.84. The van der Waals surface area contributed by atoms with Gasteiger partial charge in [-0.05, 0) is 12.2 Å². The highest BCUT2D eigenvalue weighted by atomic mass is 16.1. The van der Waals surface area contributed by atoms with Crippen LogP contribution in [0.3, 0.4) is 0 Å². The monoisotopic (exact) mass is 202 g/mol. The molecule has 0 aromatic heterocycles. The van der Waals surface area contributed by atoms with Crippen molar-refractivity contribution in [1.82, 2.24) is 4.91 Å². The molecule has 74 valence electrons. The molecule has 2 N–H and O–H groups in total. The molecule has 0 aliphatic heterocycles. The molecule has 0 atom stereocenters. The average Bonchev–Trinajstić information content (AvgIpc) is 2.25. The third kappa shape index (κ3) is 2.30. The summed E-state index contributed by atoms with van der Waals surface area (Å²) in [6.45, 7) is 0. The molecule has 0 amide bonds. The van der Waals surface area contributed by atoms with E-state index in [9.17, 15) is 9.59 Å². The van der Waals surface area contributed by atoms with E-state index in [1.165, 1.54) is 12.2 Å². The number of carbonyl (C=O) groups excluding carboxylic acids is 2. The number of ketones is 2. The Hall–Kier alpha value is -2.39. The number of nitrogens with zero attached hydrogens (tertiary/aromatic N) is 1. The summed E-state index contributed by atoms with van der Waals surface area (Å²) in [5, 5.41) is 0. The van der Waals surface area contributed by atoms with E-state index < -0.39 is 0 Å². The van der Waals surface area contributed by atoms with Crippen LogP contribution in [0.1, 0.15) is 20.7 Å². The lowest BCUT2D eigenvalue weighted by Crippen LogP contribution is -2.10. The minimum Gasteiger partial charge on any atom is -0.289 e. The molecule has 0 saturated heterocycles. The van der Waals surface area contributed by atoms with Gasteiger partial charge in [-0.25, -0.2) is 0 Å². The number of hydrogen-bond acceptors (Lipinski definition) is 4. The first-order valence-corrected chi connectivity index (χ1v) is 4.09. The summed E-state index contributed by atoms with van der Waals surface area (Å²) in [5.74, 6) is -0.185. The summed E-state index contributed by atoms with van der Waals surface area (Å²) in [6.07, 6.45) is 2.62. The quantitative estimate of drug-likeness (QED) is 0.495. The van der Waals surface area contributed by atoms with E-state index >= 15 is 0 Å². The van der Waals surface area contributed by atoms with E-state index in [-0.39, 0.29) is 11.6 Å². The Balaban J connectivity index is 0.000000337. The van der Waals surface area contributed by atoms with Crippen molar-refractivity contribution >= 4 is 11.6 Å². The fourth-order valence-corrected chi connectivity index (χ4v) is 1.24. The Kier molecular flexibility index (Phi) is 3.38. The lowest BCUT2D eigenvalue weighted by Gasteiger charge is -2.06. The molecule has 1 aliphatic rings. The molecule has 0 heterocycles. The summed E-state index contributed by atoms with van der Waals surface area (Å²) in [7, 11) is 0. The van der Waals surface area contributed by atoms with Crippen molar-refractivity contribution in [2.45, 2.75) is 0 Å². The van der Waals surface area contributed by atoms with Crippen LogP contribution in [0.2, 0.25) is 0 Å². The van der Waals surface area contributed by atoms with Crippen molar-refractivity contribution in [1.29, 1.82) is 11.1 Å². The van der Waals surface area contributed by atoms with E-state index in [1.807, 2.05) is 4.91 Å². The summed E-state index contributed by atoms with van der Waals surface area (Å²) >= 11 is 0. The van der Waals surface area contributed by atoms with Crippen molar-refractivity contribution in [3.8, 4) is 0 Å². The molecule has 0 unspecified atom stereocenters. The Morgan fingerprint density at radius 3 is 1.53 bits per heavy atom. The second kappa shape index (κ2) is 4.74. The zero-order valence-electron chi connectivity index (χ0n) is 7.73. The topological polar surface area (TPSA) is 95.9 Å². The Labute approximate surface area is 85.4 Å². The number of benzene rings is 1. The number of carbonyl (C=O) groups is 2. The molecule has 5 nitrogen and oxygen atoms in total. The van der Waals surface area contributed by atoms with Gasteiger partial charge in [0, 0.05) is 11.1 Å². The molecule has 5 heteroatoms. The normalized spacial score (nSPS) is 12.3. The predicted molar refractivity (Wildman–Crippen MR) is 51.8 cm³/mol. The molecule has 0 radical (unpaired) electrons. The lowest BCUT2D eigenvalue weighted by atomic mass is 9.95. The molecule has 15 heavy (non-hydrogen) atoms. The summed E-state index contributed by atoms with van der Waals surface area (Å²) in [4.78, 5) is 24.4. The van der Waals surface area contributed by atoms with Gasteiger partial charge in [0.1, 0.15) is 11.1 Å². The van der Waals surface area contributed by atoms with E-state index in [2.05, 4.69) is 0 Å². The molecule has 0 saturated carbocycles. The maximum Gasteiger partial charge on any atom is 0.211 e. The van der Waals surface area contributed by atoms with Crippen LogP contribution >= 0.6 is 0 Å². The van der Waals surface area contributed by atoms with Crippen LogP contribution in [0.15, 0.2) is 36.4 Å². The first kappa shape index (κ1) is 10.7. The van der Waals surface area contributed by atoms with E-state index in [1.54, 1.807) is 24.3 Å². The fourth-order valence-electron chi connectivity index (χ4n) is 1.24. The fraction of sp³-hybridized carbons (Fsp3) is 0. The smallest absolute Gasteiger partial charge is 0.211 e. The molecule has 1 aliphatic carbocycles. The maximum absolute atomic E-state index is 11.2. The predicted octanol–water partition coefficient (Wildman–Crippen LogP) is 1.74. The van der Waals surface area contributed by atoms with Crippen LogP contribution in [0.25, 0.3) is 0 Å². The Bertz CT molecular complexity index is 434. The van der Waals surface area contributed by atoms with Crippen LogP contribution < -0.4 is 4.91 Å². The molecule has 1 aromatic rings. The minimum atomic E-state index is -0.0924. The van der Waals surface area contributed by atoms with Gasteiger partial charge in [0.15, 0.2) is 11.6 Å². The second-order valence-electron chi connectivity index (χ2n) is 2.72. The highest BCUT2D eigenvalue weighted by Crippen LogP contribution is 2.15. The van der Waals surface area contributed by atoms with Gasteiger partial charge in [0.25, 0.3) is 0 Å². The van der Waals surface area contributed by atoms with Crippen molar-refractivity contribution < 1.29 is 9.59 Å². The SMILES string of the molecule is N=[N+]=N.O=C1C=CC(=O)c2ccccc21. The van der Waals surface area contributed by atoms with Gasteiger partial charge < -0.3 is 0 Å². The molecule has 0 bridgehead atoms. The van der Waals surface area contributed by atoms with Crippen LogP contribution in [0.5, 0.6) is 0 Å². The second-order valence-corrected chi connectivity index (χ2v) is 2.72. The van der Waals surface area contributed by atoms with Gasteiger partial charge in [0.2, 0.25) is 4.91 Å². The van der Waals surface area contributed by atoms with Gasteiger partial charge in [0.05, 0.1) is 0 Å². The van der Waals surface area contributed by atoms with Crippen LogP contribution in [0.4, 0.5) is 0 Å². The van der Waals surface area contributed by atoms with E-state index in [0.29, 0.717) is 11.1 Å². The number of nitrogens with one attached hydrogen (secondary N) is 2. The van der Waals surface area contributed by atoms with Gasteiger partial charge in [-0.1, -0.05) is 24.3 Å². The highest BCUT2D eigenvalue weighted by molar-refractivity contribution is 6.21. The van der Waals surface area contributed by atoms with Crippen molar-refractivity contribution in [3.05, 3.63) is 47.5 Å². The van der Waals surface area contributed by atoms with Gasteiger partial charge >= 0.3 is 0 Å². The summed E-state index contributed by atoms with van der Waals surface area (Å²) in [5.41, 5.74) is 12.0. The molecule has 0 fully saturated rings. The third-order valence-corrected chi connectivity index (χ3v) is 1.84. The van der Waals surface area contributed by atoms with Crippen molar-refractivity contribution in [2.75, 3.05) is 0 Å². The Morgan fingerprint density at radius 1 is 0.867 bits per heavy atom. The Morgan fingerprint density at radius 2 is 1.20 bits per heavy atom. The van der Waals surface area contributed by atoms with Gasteiger partial charge in [-0.15, -0.1) is 0 Å². The van der Waals surface area contributed by atoms with Crippen LogP contribution in [-0.4, -0.2) is 11.6 Å². The molecule has 0 spiro atoms. The molecule has 1 aromatic carbocycles. The molecule has 2 rings (SSSR count). The molecular weight excluding hydrogens is 194 g/mol. The first-order valence-electron chi connectivity index (χ1n) is 4.09. The van der Waals surface area contributed by atoms with Crippen molar-refractivity contribution in [2.24, 2.45) is 0 Å². The van der Waals surface area contributed by atoms with Crippen molar-refractivity contribution in [3.63, 3.8) is 0 Å². The summed E-state index contributed by atoms with van der Waals surface area (Å²) < 4.78 is 0. The zero-order chi connectivity index (χ0) is 11.3. The number of fused-ring (bicyclic) bond motifs is 1. The number of hydrogen-bond donors (Lipinski definition) is 2. The lowest BCUT2D eigenvalue weighted by molar-refractivity contribution is 0.0994. The zero-order valence-corrected chi connectivity index (χ0v) is 7.73. The first-order chi connectivity index (χ1) is 7.20. The van der Waals surface area contributed by atoms with Crippen LogP contribution in [-0.2, 0) is 0 Å².